The van der Waals surface area contributed by atoms with Gasteiger partial charge >= 0.3 is 5.97 Å². The van der Waals surface area contributed by atoms with Gasteiger partial charge in [-0.1, -0.05) is 12.1 Å². The molecule has 2 unspecified atom stereocenters. The van der Waals surface area contributed by atoms with E-state index in [0.717, 1.165) is 23.2 Å². The summed E-state index contributed by atoms with van der Waals surface area (Å²) >= 11 is 0. The molecule has 0 spiro atoms. The van der Waals surface area contributed by atoms with Crippen molar-refractivity contribution >= 4 is 5.97 Å². The van der Waals surface area contributed by atoms with Crippen molar-refractivity contribution in [3.05, 3.63) is 53.3 Å². The van der Waals surface area contributed by atoms with E-state index >= 15 is 0 Å². The molecule has 0 saturated carbocycles. The lowest BCUT2D eigenvalue weighted by Gasteiger charge is -2.32. The van der Waals surface area contributed by atoms with Crippen LogP contribution in [-0.2, 0) is 4.79 Å². The van der Waals surface area contributed by atoms with Gasteiger partial charge in [0.1, 0.15) is 17.5 Å². The van der Waals surface area contributed by atoms with Gasteiger partial charge in [-0.15, -0.1) is 0 Å². The summed E-state index contributed by atoms with van der Waals surface area (Å²) in [7, 11) is 3.22. The lowest BCUT2D eigenvalue weighted by molar-refractivity contribution is -0.142. The Morgan fingerprint density at radius 1 is 1.23 bits per heavy atom. The average Bonchev–Trinajstić information content (AvgIpc) is 3.13. The number of aliphatic carboxylic acids is 1. The summed E-state index contributed by atoms with van der Waals surface area (Å²) in [5.41, 5.74) is 2.64. The Morgan fingerprint density at radius 3 is 2.46 bits per heavy atom. The van der Waals surface area contributed by atoms with Gasteiger partial charge in [-0.25, -0.2) is 0 Å². The zero-order valence-electron chi connectivity index (χ0n) is 15.3. The van der Waals surface area contributed by atoms with Crippen LogP contribution in [-0.4, -0.2) is 47.8 Å². The van der Waals surface area contributed by atoms with Crippen LogP contribution in [0.1, 0.15) is 35.7 Å². The highest BCUT2D eigenvalue weighted by molar-refractivity contribution is 5.74. The van der Waals surface area contributed by atoms with Gasteiger partial charge in [0.15, 0.2) is 0 Å². The van der Waals surface area contributed by atoms with E-state index in [9.17, 15) is 9.90 Å². The van der Waals surface area contributed by atoms with E-state index in [-0.39, 0.29) is 6.04 Å². The molecule has 138 valence electrons. The molecule has 26 heavy (non-hydrogen) atoms. The summed E-state index contributed by atoms with van der Waals surface area (Å²) in [5, 5.41) is 9.70. The van der Waals surface area contributed by atoms with Crippen LogP contribution in [0.3, 0.4) is 0 Å². The second-order valence-electron chi connectivity index (χ2n) is 6.47. The van der Waals surface area contributed by atoms with Gasteiger partial charge in [0.2, 0.25) is 0 Å². The van der Waals surface area contributed by atoms with E-state index in [4.69, 9.17) is 9.47 Å². The van der Waals surface area contributed by atoms with Gasteiger partial charge in [0, 0.05) is 12.7 Å². The number of ether oxygens (including phenoxy) is 2. The standard InChI is InChI=1S/C20H24N2O4/c1-13-9-10-14(21-12-13)19(22-11-5-6-15(22)20(23)24)18-16(25-2)7-4-8-17(18)26-3/h4,7-10,12,15,19H,5-6,11H2,1-3H3,(H,23,24). The van der Waals surface area contributed by atoms with Gasteiger partial charge in [0.05, 0.1) is 31.5 Å². The lowest BCUT2D eigenvalue weighted by atomic mass is 9.97. The predicted molar refractivity (Wildman–Crippen MR) is 97.7 cm³/mol. The van der Waals surface area contributed by atoms with Gasteiger partial charge in [-0.05, 0) is 43.5 Å². The molecule has 2 aromatic rings. The van der Waals surface area contributed by atoms with Crippen molar-refractivity contribution in [1.29, 1.82) is 0 Å². The summed E-state index contributed by atoms with van der Waals surface area (Å²) in [5.74, 6) is 0.508. The van der Waals surface area contributed by atoms with Crippen molar-refractivity contribution in [1.82, 2.24) is 9.88 Å². The lowest BCUT2D eigenvalue weighted by Crippen LogP contribution is -2.39. The molecule has 1 aromatic heterocycles. The van der Waals surface area contributed by atoms with Crippen molar-refractivity contribution in [2.45, 2.75) is 31.8 Å². The van der Waals surface area contributed by atoms with Gasteiger partial charge in [0.25, 0.3) is 0 Å². The van der Waals surface area contributed by atoms with Crippen LogP contribution in [0.15, 0.2) is 36.5 Å². The predicted octanol–water partition coefficient (Wildman–Crippen LogP) is 3.05. The second kappa shape index (κ2) is 7.74. The minimum Gasteiger partial charge on any atom is -0.496 e. The van der Waals surface area contributed by atoms with Crippen LogP contribution in [0.4, 0.5) is 0 Å². The maximum Gasteiger partial charge on any atom is 0.320 e. The van der Waals surface area contributed by atoms with Crippen molar-refractivity contribution in [3.8, 4) is 11.5 Å². The van der Waals surface area contributed by atoms with Gasteiger partial charge in [-0.2, -0.15) is 0 Å². The number of rotatable bonds is 6. The second-order valence-corrected chi connectivity index (χ2v) is 6.47. The van der Waals surface area contributed by atoms with Crippen molar-refractivity contribution in [3.63, 3.8) is 0 Å². The van der Waals surface area contributed by atoms with E-state index in [1.165, 1.54) is 0 Å². The molecule has 1 N–H and O–H groups in total. The first-order chi connectivity index (χ1) is 12.6. The molecule has 1 aliphatic rings. The Morgan fingerprint density at radius 2 is 1.92 bits per heavy atom. The molecule has 1 fully saturated rings. The molecule has 6 heteroatoms. The molecule has 6 nitrogen and oxygen atoms in total. The third-order valence-corrected chi connectivity index (χ3v) is 4.86. The van der Waals surface area contributed by atoms with Crippen molar-refractivity contribution in [2.75, 3.05) is 20.8 Å². The molecule has 0 aliphatic carbocycles. The first-order valence-corrected chi connectivity index (χ1v) is 8.68. The molecule has 0 bridgehead atoms. The number of likely N-dealkylation sites (tertiary alicyclic amines) is 1. The number of benzene rings is 1. The highest BCUT2D eigenvalue weighted by atomic mass is 16.5. The average molecular weight is 356 g/mol. The molecule has 3 rings (SSSR count). The maximum absolute atomic E-state index is 11.8. The number of carboxylic acid groups (broad SMARTS) is 1. The molecule has 1 aromatic carbocycles. The smallest absolute Gasteiger partial charge is 0.320 e. The molecule has 0 radical (unpaired) electrons. The SMILES string of the molecule is COc1cccc(OC)c1C(c1ccc(C)cn1)N1CCCC1C(=O)O. The van der Waals surface area contributed by atoms with Crippen molar-refractivity contribution < 1.29 is 19.4 Å². The van der Waals surface area contributed by atoms with E-state index in [2.05, 4.69) is 4.98 Å². The van der Waals surface area contributed by atoms with E-state index < -0.39 is 12.0 Å². The normalized spacial score (nSPS) is 18.5. The first-order valence-electron chi connectivity index (χ1n) is 8.68. The number of carboxylic acids is 1. The summed E-state index contributed by atoms with van der Waals surface area (Å²) in [6.07, 6.45) is 3.25. The number of nitrogens with zero attached hydrogens (tertiary/aromatic N) is 2. The summed E-state index contributed by atoms with van der Waals surface area (Å²) < 4.78 is 11.2. The minimum atomic E-state index is -0.812. The molecule has 1 aliphatic heterocycles. The van der Waals surface area contributed by atoms with Crippen LogP contribution in [0, 0.1) is 6.92 Å². The third kappa shape index (κ3) is 3.37. The largest absolute Gasteiger partial charge is 0.496 e. The minimum absolute atomic E-state index is 0.356. The Labute approximate surface area is 153 Å². The number of hydrogen-bond donors (Lipinski definition) is 1. The fraction of sp³-hybridized carbons (Fsp3) is 0.400. The van der Waals surface area contributed by atoms with E-state index in [0.29, 0.717) is 24.5 Å². The quantitative estimate of drug-likeness (QED) is 0.858. The number of hydrogen-bond acceptors (Lipinski definition) is 5. The van der Waals surface area contributed by atoms with Crippen molar-refractivity contribution in [2.24, 2.45) is 0 Å². The monoisotopic (exact) mass is 356 g/mol. The van der Waals surface area contributed by atoms with Crippen LogP contribution in [0.2, 0.25) is 0 Å². The van der Waals surface area contributed by atoms with Crippen LogP contribution in [0.5, 0.6) is 11.5 Å². The number of carbonyl (C=O) groups is 1. The zero-order chi connectivity index (χ0) is 18.7. The Kier molecular flexibility index (Phi) is 5.42. The number of aromatic nitrogens is 1. The molecular weight excluding hydrogens is 332 g/mol. The zero-order valence-corrected chi connectivity index (χ0v) is 15.3. The summed E-state index contributed by atoms with van der Waals surface area (Å²) in [6, 6.07) is 8.62. The number of pyridine rings is 1. The Balaban J connectivity index is 2.19. The first kappa shape index (κ1) is 18.2. The Bertz CT molecular complexity index is 754. The van der Waals surface area contributed by atoms with Gasteiger partial charge in [-0.3, -0.25) is 14.7 Å². The number of methoxy groups -OCH3 is 2. The summed E-state index contributed by atoms with van der Waals surface area (Å²) in [4.78, 5) is 18.4. The number of aryl methyl sites for hydroxylation is 1. The van der Waals surface area contributed by atoms with E-state index in [1.807, 2.05) is 42.2 Å². The molecule has 2 heterocycles. The maximum atomic E-state index is 11.8. The molecule has 0 amide bonds. The van der Waals surface area contributed by atoms with Crippen LogP contribution < -0.4 is 9.47 Å². The summed E-state index contributed by atoms with van der Waals surface area (Å²) in [6.45, 7) is 2.66. The van der Waals surface area contributed by atoms with Gasteiger partial charge < -0.3 is 14.6 Å². The topological polar surface area (TPSA) is 71.9 Å². The molecular formula is C20H24N2O4. The fourth-order valence-electron chi connectivity index (χ4n) is 3.64. The van der Waals surface area contributed by atoms with Crippen LogP contribution >= 0.6 is 0 Å². The highest BCUT2D eigenvalue weighted by Crippen LogP contribution is 2.42. The van der Waals surface area contributed by atoms with Crippen LogP contribution in [0.25, 0.3) is 0 Å². The molecule has 1 saturated heterocycles. The molecule has 2 atom stereocenters. The fourth-order valence-corrected chi connectivity index (χ4v) is 3.64. The highest BCUT2D eigenvalue weighted by Gasteiger charge is 2.39. The third-order valence-electron chi connectivity index (χ3n) is 4.86. The Hall–Kier alpha value is -2.60. The van der Waals surface area contributed by atoms with E-state index in [1.54, 1.807) is 20.4 Å².